The average molecular weight is 503 g/mol. The third-order valence-electron chi connectivity index (χ3n) is 11.8. The highest BCUT2D eigenvalue weighted by atomic mass is 16.6. The fourth-order valence-corrected chi connectivity index (χ4v) is 9.96. The van der Waals surface area contributed by atoms with Crippen molar-refractivity contribution in [2.24, 2.45) is 47.3 Å². The number of aliphatic hydroxyl groups excluding tert-OH is 2. The highest BCUT2D eigenvalue weighted by Gasteiger charge is 2.45. The highest BCUT2D eigenvalue weighted by molar-refractivity contribution is 4.95. The van der Waals surface area contributed by atoms with E-state index in [9.17, 15) is 10.2 Å². The maximum Gasteiger partial charge on any atom is 0.0701 e. The summed E-state index contributed by atoms with van der Waals surface area (Å²) >= 11 is 0. The van der Waals surface area contributed by atoms with Crippen molar-refractivity contribution in [1.29, 1.82) is 0 Å². The predicted molar refractivity (Wildman–Crippen MR) is 148 cm³/mol. The third kappa shape index (κ3) is 7.29. The van der Waals surface area contributed by atoms with E-state index in [4.69, 9.17) is 0 Å². The smallest absolute Gasteiger partial charge is 0.0701 e. The van der Waals surface area contributed by atoms with Crippen LogP contribution in [0.5, 0.6) is 0 Å². The van der Waals surface area contributed by atoms with Crippen molar-refractivity contribution in [3.8, 4) is 0 Å². The molecule has 1 heterocycles. The van der Waals surface area contributed by atoms with Gasteiger partial charge in [-0.2, -0.15) is 0 Å². The fourth-order valence-electron chi connectivity index (χ4n) is 9.96. The van der Waals surface area contributed by atoms with E-state index in [1.807, 2.05) is 0 Å². The molecule has 0 spiro atoms. The number of ether oxygens (including phenoxy) is 1. The fraction of sp³-hybridized carbons (Fsp3) is 1.00. The molecule has 0 amide bonds. The van der Waals surface area contributed by atoms with Gasteiger partial charge in [0.25, 0.3) is 0 Å². The van der Waals surface area contributed by atoms with Crippen LogP contribution >= 0.6 is 0 Å². The van der Waals surface area contributed by atoms with Crippen molar-refractivity contribution in [2.45, 2.75) is 147 Å². The van der Waals surface area contributed by atoms with Crippen LogP contribution in [-0.2, 0) is 4.74 Å². The molecule has 0 bridgehead atoms. The van der Waals surface area contributed by atoms with E-state index < -0.39 is 0 Å². The van der Waals surface area contributed by atoms with Crippen LogP contribution in [0.4, 0.5) is 0 Å². The predicted octanol–water partition coefficient (Wildman–Crippen LogP) is 7.91. The molecule has 5 aliphatic carbocycles. The average Bonchev–Trinajstić information content (AvgIpc) is 3.82. The molecule has 1 aliphatic heterocycles. The van der Waals surface area contributed by atoms with Crippen molar-refractivity contribution >= 4 is 0 Å². The van der Waals surface area contributed by atoms with Crippen molar-refractivity contribution < 1.29 is 14.9 Å². The van der Waals surface area contributed by atoms with Gasteiger partial charge in [0.15, 0.2) is 0 Å². The number of rotatable bonds is 5. The van der Waals surface area contributed by atoms with Crippen LogP contribution < -0.4 is 0 Å². The Bertz CT molecular complexity index is 572. The lowest BCUT2D eigenvalue weighted by atomic mass is 9.56. The van der Waals surface area contributed by atoms with Gasteiger partial charge in [-0.3, -0.25) is 0 Å². The molecule has 1 saturated heterocycles. The summed E-state index contributed by atoms with van der Waals surface area (Å²) in [6.07, 6.45) is 28.5. The van der Waals surface area contributed by atoms with Gasteiger partial charge in [0.05, 0.1) is 25.4 Å². The van der Waals surface area contributed by atoms with Crippen LogP contribution in [-0.4, -0.2) is 35.6 Å². The monoisotopic (exact) mass is 502 g/mol. The van der Waals surface area contributed by atoms with Gasteiger partial charge in [0.1, 0.15) is 0 Å². The first-order chi connectivity index (χ1) is 17.7. The normalized spacial score (nSPS) is 40.2. The molecule has 0 aromatic heterocycles. The third-order valence-corrected chi connectivity index (χ3v) is 11.8. The van der Waals surface area contributed by atoms with Crippen LogP contribution in [0.2, 0.25) is 0 Å². The molecule has 208 valence electrons. The Hall–Kier alpha value is -0.120. The maximum atomic E-state index is 11.1. The molecule has 2 N–H and O–H groups in total. The Morgan fingerprint density at radius 1 is 0.444 bits per heavy atom. The molecule has 0 radical (unpaired) electrons. The number of hydrogen-bond donors (Lipinski definition) is 2. The maximum absolute atomic E-state index is 11.1. The van der Waals surface area contributed by atoms with Crippen LogP contribution in [0.1, 0.15) is 135 Å². The molecular formula is C33H58O3. The van der Waals surface area contributed by atoms with Gasteiger partial charge >= 0.3 is 0 Å². The summed E-state index contributed by atoms with van der Waals surface area (Å²) in [5.41, 5.74) is 0. The lowest BCUT2D eigenvalue weighted by molar-refractivity contribution is -0.0538. The van der Waals surface area contributed by atoms with Gasteiger partial charge in [-0.1, -0.05) is 96.3 Å². The minimum atomic E-state index is -0.0282. The van der Waals surface area contributed by atoms with Gasteiger partial charge in [-0.25, -0.2) is 0 Å². The Morgan fingerprint density at radius 2 is 0.833 bits per heavy atom. The van der Waals surface area contributed by atoms with Gasteiger partial charge in [-0.05, 0) is 85.9 Å². The van der Waals surface area contributed by atoms with Crippen LogP contribution in [0.15, 0.2) is 0 Å². The van der Waals surface area contributed by atoms with Gasteiger partial charge in [0, 0.05) is 0 Å². The van der Waals surface area contributed by atoms with Crippen molar-refractivity contribution in [1.82, 2.24) is 0 Å². The zero-order valence-electron chi connectivity index (χ0n) is 23.3. The summed E-state index contributed by atoms with van der Waals surface area (Å²) in [4.78, 5) is 0. The molecule has 6 fully saturated rings. The van der Waals surface area contributed by atoms with E-state index in [1.54, 1.807) is 0 Å². The zero-order valence-corrected chi connectivity index (χ0v) is 23.3. The summed E-state index contributed by atoms with van der Waals surface area (Å²) in [6.45, 7) is 2.00. The Labute approximate surface area is 222 Å². The van der Waals surface area contributed by atoms with E-state index in [0.29, 0.717) is 11.8 Å². The topological polar surface area (TPSA) is 53.0 Å². The molecule has 6 rings (SSSR count). The molecule has 3 heteroatoms. The van der Waals surface area contributed by atoms with Gasteiger partial charge < -0.3 is 14.9 Å². The molecule has 3 nitrogen and oxygen atoms in total. The lowest BCUT2D eigenvalue weighted by Gasteiger charge is -2.50. The zero-order chi connectivity index (χ0) is 24.7. The molecular weight excluding hydrogens is 444 g/mol. The van der Waals surface area contributed by atoms with Crippen molar-refractivity contribution in [2.75, 3.05) is 13.2 Å². The van der Waals surface area contributed by atoms with Gasteiger partial charge in [-0.15, -0.1) is 0 Å². The van der Waals surface area contributed by atoms with E-state index >= 15 is 0 Å². The van der Waals surface area contributed by atoms with Crippen molar-refractivity contribution in [3.05, 3.63) is 0 Å². The molecule has 6 unspecified atom stereocenters. The number of hydrogen-bond acceptors (Lipinski definition) is 3. The van der Waals surface area contributed by atoms with Crippen molar-refractivity contribution in [3.63, 3.8) is 0 Å². The second-order valence-electron chi connectivity index (χ2n) is 14.0. The summed E-state index contributed by atoms with van der Waals surface area (Å²) < 4.78 is 4.50. The second-order valence-corrected chi connectivity index (χ2v) is 14.0. The molecule has 36 heavy (non-hydrogen) atoms. The quantitative estimate of drug-likeness (QED) is 0.375. The summed E-state index contributed by atoms with van der Waals surface area (Å²) in [5, 5.41) is 22.1. The molecule has 0 aromatic carbocycles. The highest BCUT2D eigenvalue weighted by Crippen LogP contribution is 2.52. The molecule has 6 atom stereocenters. The summed E-state index contributed by atoms with van der Waals surface area (Å²) in [5.74, 6) is 6.25. The first-order valence-corrected chi connectivity index (χ1v) is 16.6. The number of aliphatic hydroxyl groups is 2. The lowest BCUT2D eigenvalue weighted by Crippen LogP contribution is -2.44. The Morgan fingerprint density at radius 3 is 1.22 bits per heavy atom. The van der Waals surface area contributed by atoms with Crippen LogP contribution in [0.3, 0.4) is 0 Å². The first-order valence-electron chi connectivity index (χ1n) is 16.6. The largest absolute Gasteiger partial charge is 0.393 e. The van der Waals surface area contributed by atoms with E-state index in [1.165, 1.54) is 122 Å². The Balaban J connectivity index is 0.000000828. The minimum Gasteiger partial charge on any atom is -0.393 e. The van der Waals surface area contributed by atoms with Gasteiger partial charge in [0.2, 0.25) is 0 Å². The molecule has 6 aliphatic rings. The summed E-state index contributed by atoms with van der Waals surface area (Å²) in [6, 6.07) is 0. The number of epoxide rings is 1. The summed E-state index contributed by atoms with van der Waals surface area (Å²) in [7, 11) is 0. The first kappa shape index (κ1) is 27.4. The standard InChI is InChI=1S/C31H54O2.C2H4O/c32-29-18-16-25(20-27(29)22-10-4-1-5-11-22)31(24-14-8-3-9-15-24)26-17-19-30(33)28(21-26)23-12-6-2-7-13-23;1-2-3-1/h22-33H,1-21H2;1-2H2. The second kappa shape index (κ2) is 13.8. The molecule has 0 aromatic rings. The van der Waals surface area contributed by atoms with Crippen LogP contribution in [0, 0.1) is 47.3 Å². The van der Waals surface area contributed by atoms with E-state index in [0.717, 1.165) is 61.6 Å². The minimum absolute atomic E-state index is 0.0282. The SMILES string of the molecule is C1CO1.OC1CCC(C(C2CCCCC2)C2CCC(O)C(C3CCCCC3)C2)CC1C1CCCCC1. The Kier molecular flexibility index (Phi) is 10.5. The van der Waals surface area contributed by atoms with E-state index in [2.05, 4.69) is 4.74 Å². The molecule has 5 saturated carbocycles. The van der Waals surface area contributed by atoms with Crippen LogP contribution in [0.25, 0.3) is 0 Å². The van der Waals surface area contributed by atoms with E-state index in [-0.39, 0.29) is 12.2 Å².